The molecule has 2 saturated heterocycles. The fraction of sp³-hybridized carbons (Fsp3) is 1.00. The maximum atomic E-state index is 9.99. The Hall–Kier alpha value is -0.320. The minimum atomic E-state index is -1.51. The highest BCUT2D eigenvalue weighted by molar-refractivity contribution is 4.83. The molecule has 0 radical (unpaired) electrons. The van der Waals surface area contributed by atoms with Crippen molar-refractivity contribution in [2.75, 3.05) is 39.6 Å². The summed E-state index contributed by atoms with van der Waals surface area (Å²) in [6.45, 7) is 1.37. The SMILES string of the molecule is OC[C@H](O)[C@@H](O)[C@H](O)[C@@H](COCC1CO1)OCC1CO1. The molecule has 0 aromatic heterocycles. The summed E-state index contributed by atoms with van der Waals surface area (Å²) >= 11 is 0. The molecule has 0 saturated carbocycles. The number of rotatable bonds is 11. The standard InChI is InChI=1S/C12H22O8/c13-1-9(14)11(15)12(16)10(20-5-8-4-19-8)6-17-2-7-3-18-7/h7-16H,1-6H2/t7?,8?,9-,10+,11+,12+/m0/s1. The number of aliphatic hydroxyl groups is 4. The monoisotopic (exact) mass is 294 g/mol. The van der Waals surface area contributed by atoms with E-state index in [1.54, 1.807) is 0 Å². The van der Waals surface area contributed by atoms with Crippen LogP contribution in [-0.2, 0) is 18.9 Å². The molecule has 8 nitrogen and oxygen atoms in total. The van der Waals surface area contributed by atoms with Crippen LogP contribution in [0.2, 0.25) is 0 Å². The molecule has 2 unspecified atom stereocenters. The second kappa shape index (κ2) is 7.62. The van der Waals surface area contributed by atoms with E-state index in [-0.39, 0.29) is 25.4 Å². The third-order valence-electron chi connectivity index (χ3n) is 3.20. The lowest BCUT2D eigenvalue weighted by molar-refractivity contribution is -0.148. The summed E-state index contributed by atoms with van der Waals surface area (Å²) in [5.41, 5.74) is 0. The summed E-state index contributed by atoms with van der Waals surface area (Å²) < 4.78 is 20.8. The Balaban J connectivity index is 1.77. The number of hydrogen-bond acceptors (Lipinski definition) is 8. The van der Waals surface area contributed by atoms with Crippen molar-refractivity contribution < 1.29 is 39.4 Å². The third kappa shape index (κ3) is 5.23. The molecule has 6 atom stereocenters. The van der Waals surface area contributed by atoms with Crippen molar-refractivity contribution in [2.45, 2.75) is 36.6 Å². The van der Waals surface area contributed by atoms with E-state index in [1.807, 2.05) is 0 Å². The first-order chi connectivity index (χ1) is 9.61. The summed E-state index contributed by atoms with van der Waals surface area (Å²) in [7, 11) is 0. The molecule has 0 aliphatic carbocycles. The van der Waals surface area contributed by atoms with Gasteiger partial charge in [-0.2, -0.15) is 0 Å². The van der Waals surface area contributed by atoms with E-state index in [0.29, 0.717) is 19.8 Å². The second-order valence-electron chi connectivity index (χ2n) is 5.05. The average molecular weight is 294 g/mol. The number of hydrogen-bond donors (Lipinski definition) is 4. The van der Waals surface area contributed by atoms with E-state index in [9.17, 15) is 15.3 Å². The Labute approximate surface area is 116 Å². The molecule has 8 heteroatoms. The van der Waals surface area contributed by atoms with Crippen molar-refractivity contribution in [3.63, 3.8) is 0 Å². The van der Waals surface area contributed by atoms with Crippen molar-refractivity contribution in [2.24, 2.45) is 0 Å². The van der Waals surface area contributed by atoms with E-state index in [0.717, 1.165) is 0 Å². The van der Waals surface area contributed by atoms with Crippen LogP contribution in [0.4, 0.5) is 0 Å². The van der Waals surface area contributed by atoms with Crippen LogP contribution in [0.3, 0.4) is 0 Å². The lowest BCUT2D eigenvalue weighted by Crippen LogP contribution is -2.48. The molecular formula is C12H22O8. The highest BCUT2D eigenvalue weighted by atomic mass is 16.6. The minimum Gasteiger partial charge on any atom is -0.394 e. The summed E-state index contributed by atoms with van der Waals surface area (Å²) in [5.74, 6) is 0. The van der Waals surface area contributed by atoms with Gasteiger partial charge in [0.2, 0.25) is 0 Å². The molecule has 2 aliphatic rings. The van der Waals surface area contributed by atoms with E-state index in [2.05, 4.69) is 0 Å². The van der Waals surface area contributed by atoms with Crippen LogP contribution < -0.4 is 0 Å². The van der Waals surface area contributed by atoms with Crippen molar-refractivity contribution >= 4 is 0 Å². The highest BCUT2D eigenvalue weighted by Crippen LogP contribution is 2.15. The van der Waals surface area contributed by atoms with Gasteiger partial charge in [-0.15, -0.1) is 0 Å². The molecule has 0 bridgehead atoms. The minimum absolute atomic E-state index is 0.0105. The normalized spacial score (nSPS) is 30.6. The summed E-state index contributed by atoms with van der Waals surface area (Å²) in [6.07, 6.45) is -5.01. The predicted molar refractivity (Wildman–Crippen MR) is 65.1 cm³/mol. The first kappa shape index (κ1) is 16.1. The largest absolute Gasteiger partial charge is 0.394 e. The second-order valence-corrected chi connectivity index (χ2v) is 5.05. The van der Waals surface area contributed by atoms with Crippen LogP contribution >= 0.6 is 0 Å². The van der Waals surface area contributed by atoms with Crippen LogP contribution in [0.5, 0.6) is 0 Å². The van der Waals surface area contributed by atoms with Crippen LogP contribution in [-0.4, -0.2) is 96.7 Å². The molecule has 0 spiro atoms. The lowest BCUT2D eigenvalue weighted by Gasteiger charge is -2.28. The van der Waals surface area contributed by atoms with Gasteiger partial charge >= 0.3 is 0 Å². The summed E-state index contributed by atoms with van der Waals surface area (Å²) in [5, 5.41) is 37.9. The van der Waals surface area contributed by atoms with Crippen LogP contribution in [0.25, 0.3) is 0 Å². The molecule has 2 rings (SSSR count). The number of aliphatic hydroxyl groups excluding tert-OH is 4. The smallest absolute Gasteiger partial charge is 0.111 e. The topological polar surface area (TPSA) is 124 Å². The zero-order chi connectivity index (χ0) is 14.5. The zero-order valence-corrected chi connectivity index (χ0v) is 11.1. The number of ether oxygens (including phenoxy) is 4. The molecule has 0 aromatic rings. The molecular weight excluding hydrogens is 272 g/mol. The molecule has 20 heavy (non-hydrogen) atoms. The maximum absolute atomic E-state index is 9.99. The first-order valence-electron chi connectivity index (χ1n) is 6.69. The highest BCUT2D eigenvalue weighted by Gasteiger charge is 2.34. The van der Waals surface area contributed by atoms with Gasteiger partial charge in [0.15, 0.2) is 0 Å². The summed E-state index contributed by atoms with van der Waals surface area (Å²) in [6, 6.07) is 0. The maximum Gasteiger partial charge on any atom is 0.111 e. The Kier molecular flexibility index (Phi) is 6.12. The van der Waals surface area contributed by atoms with Crippen molar-refractivity contribution in [1.29, 1.82) is 0 Å². The molecule has 2 heterocycles. The van der Waals surface area contributed by atoms with Gasteiger partial charge in [0.1, 0.15) is 36.6 Å². The average Bonchev–Trinajstić information content (AvgIpc) is 3.33. The quantitative estimate of drug-likeness (QED) is 0.303. The predicted octanol–water partition coefficient (Wildman–Crippen LogP) is -2.74. The Morgan fingerprint density at radius 3 is 2.15 bits per heavy atom. The molecule has 0 amide bonds. The Morgan fingerprint density at radius 2 is 1.60 bits per heavy atom. The molecule has 2 aliphatic heterocycles. The van der Waals surface area contributed by atoms with Crippen molar-refractivity contribution in [3.8, 4) is 0 Å². The van der Waals surface area contributed by atoms with Gasteiger partial charge in [-0.3, -0.25) is 0 Å². The van der Waals surface area contributed by atoms with E-state index >= 15 is 0 Å². The van der Waals surface area contributed by atoms with Crippen molar-refractivity contribution in [3.05, 3.63) is 0 Å². The molecule has 0 aromatic carbocycles. The number of epoxide rings is 2. The van der Waals surface area contributed by atoms with Gasteiger partial charge in [-0.25, -0.2) is 0 Å². The molecule has 2 fully saturated rings. The van der Waals surface area contributed by atoms with Gasteiger partial charge in [0, 0.05) is 0 Å². The Bertz CT molecular complexity index is 281. The molecule has 118 valence electrons. The lowest BCUT2D eigenvalue weighted by atomic mass is 10.0. The van der Waals surface area contributed by atoms with Crippen molar-refractivity contribution in [1.82, 2.24) is 0 Å². The van der Waals surface area contributed by atoms with E-state index < -0.39 is 31.0 Å². The molecule has 4 N–H and O–H groups in total. The van der Waals surface area contributed by atoms with Gasteiger partial charge in [-0.1, -0.05) is 0 Å². The van der Waals surface area contributed by atoms with E-state index in [4.69, 9.17) is 24.1 Å². The van der Waals surface area contributed by atoms with Gasteiger partial charge in [0.05, 0.1) is 39.6 Å². The van der Waals surface area contributed by atoms with Crippen LogP contribution in [0, 0.1) is 0 Å². The summed E-state index contributed by atoms with van der Waals surface area (Å²) in [4.78, 5) is 0. The first-order valence-corrected chi connectivity index (χ1v) is 6.69. The van der Waals surface area contributed by atoms with Gasteiger partial charge < -0.3 is 39.4 Å². The van der Waals surface area contributed by atoms with Gasteiger partial charge in [0.25, 0.3) is 0 Å². The zero-order valence-electron chi connectivity index (χ0n) is 11.1. The fourth-order valence-electron chi connectivity index (χ4n) is 1.68. The Morgan fingerprint density at radius 1 is 1.00 bits per heavy atom. The van der Waals surface area contributed by atoms with Crippen LogP contribution in [0.15, 0.2) is 0 Å². The van der Waals surface area contributed by atoms with E-state index in [1.165, 1.54) is 0 Å². The fourth-order valence-corrected chi connectivity index (χ4v) is 1.68. The third-order valence-corrected chi connectivity index (χ3v) is 3.20. The van der Waals surface area contributed by atoms with Gasteiger partial charge in [-0.05, 0) is 0 Å². The van der Waals surface area contributed by atoms with Crippen LogP contribution in [0.1, 0.15) is 0 Å².